The van der Waals surface area contributed by atoms with Gasteiger partial charge in [0, 0.05) is 12.1 Å². The Balaban J connectivity index is 1.89. The largest absolute Gasteiger partial charge is 0.508 e. The van der Waals surface area contributed by atoms with E-state index in [1.807, 2.05) is 0 Å². The van der Waals surface area contributed by atoms with Crippen LogP contribution >= 0.6 is 0 Å². The summed E-state index contributed by atoms with van der Waals surface area (Å²) >= 11 is 0. The van der Waals surface area contributed by atoms with E-state index in [4.69, 9.17) is 5.11 Å². The van der Waals surface area contributed by atoms with Gasteiger partial charge in [0.25, 0.3) is 0 Å². The van der Waals surface area contributed by atoms with Crippen molar-refractivity contribution < 1.29 is 9.90 Å². The summed E-state index contributed by atoms with van der Waals surface area (Å²) in [7, 11) is 0. The second-order valence-corrected chi connectivity index (χ2v) is 3.74. The quantitative estimate of drug-likeness (QED) is 0.719. The third-order valence-corrected chi connectivity index (χ3v) is 2.32. The molecule has 0 bridgehead atoms. The van der Waals surface area contributed by atoms with Crippen LogP contribution in [0.3, 0.4) is 0 Å². The molecule has 3 heteroatoms. The summed E-state index contributed by atoms with van der Waals surface area (Å²) in [5.41, 5.74) is 0.744. The molecule has 1 aliphatic carbocycles. The van der Waals surface area contributed by atoms with Crippen LogP contribution in [-0.2, 0) is 4.79 Å². The van der Waals surface area contributed by atoms with E-state index in [2.05, 4.69) is 5.32 Å². The van der Waals surface area contributed by atoms with Crippen molar-refractivity contribution in [2.75, 3.05) is 5.32 Å². The standard InChI is InChI=1S/C11H13NO2/c13-10-5-3-9(4-6-10)12-11(14)7-8-1-2-8/h3-6,8,13H,1-2,7H2,(H,12,14). The Morgan fingerprint density at radius 3 is 2.57 bits per heavy atom. The van der Waals surface area contributed by atoms with E-state index in [1.54, 1.807) is 24.3 Å². The number of nitrogens with one attached hydrogen (secondary N) is 1. The average Bonchev–Trinajstić information content (AvgIpc) is 2.93. The fraction of sp³-hybridized carbons (Fsp3) is 0.364. The molecule has 1 aromatic carbocycles. The summed E-state index contributed by atoms with van der Waals surface area (Å²) in [4.78, 5) is 11.4. The smallest absolute Gasteiger partial charge is 0.224 e. The van der Waals surface area contributed by atoms with E-state index in [9.17, 15) is 4.79 Å². The normalized spacial score (nSPS) is 15.1. The fourth-order valence-corrected chi connectivity index (χ4v) is 1.34. The van der Waals surface area contributed by atoms with Crippen LogP contribution in [0.1, 0.15) is 19.3 Å². The minimum Gasteiger partial charge on any atom is -0.508 e. The van der Waals surface area contributed by atoms with Gasteiger partial charge in [0.2, 0.25) is 5.91 Å². The third kappa shape index (κ3) is 2.49. The highest BCUT2D eigenvalue weighted by Crippen LogP contribution is 2.32. The maximum atomic E-state index is 11.4. The molecule has 0 unspecified atom stereocenters. The van der Waals surface area contributed by atoms with Crippen LogP contribution < -0.4 is 5.32 Å². The second-order valence-electron chi connectivity index (χ2n) is 3.74. The summed E-state index contributed by atoms with van der Waals surface area (Å²) in [6, 6.07) is 6.51. The molecule has 0 saturated heterocycles. The van der Waals surface area contributed by atoms with Gasteiger partial charge in [-0.1, -0.05) is 0 Å². The molecule has 2 N–H and O–H groups in total. The fourth-order valence-electron chi connectivity index (χ4n) is 1.34. The van der Waals surface area contributed by atoms with Crippen molar-refractivity contribution in [3.05, 3.63) is 24.3 Å². The van der Waals surface area contributed by atoms with Gasteiger partial charge in [-0.3, -0.25) is 4.79 Å². The van der Waals surface area contributed by atoms with Crippen molar-refractivity contribution in [1.29, 1.82) is 0 Å². The summed E-state index contributed by atoms with van der Waals surface area (Å²) < 4.78 is 0. The van der Waals surface area contributed by atoms with E-state index >= 15 is 0 Å². The maximum Gasteiger partial charge on any atom is 0.224 e. The molecule has 1 aromatic rings. The first-order valence-corrected chi connectivity index (χ1v) is 4.83. The van der Waals surface area contributed by atoms with Gasteiger partial charge >= 0.3 is 0 Å². The summed E-state index contributed by atoms with van der Waals surface area (Å²) in [6.07, 6.45) is 2.99. The number of phenolic OH excluding ortho intramolecular Hbond substituents is 1. The zero-order chi connectivity index (χ0) is 9.97. The highest BCUT2D eigenvalue weighted by atomic mass is 16.3. The Bertz CT molecular complexity index is 328. The lowest BCUT2D eigenvalue weighted by Gasteiger charge is -2.03. The molecule has 0 radical (unpaired) electrons. The van der Waals surface area contributed by atoms with Crippen LogP contribution in [0.5, 0.6) is 5.75 Å². The zero-order valence-electron chi connectivity index (χ0n) is 7.86. The van der Waals surface area contributed by atoms with Gasteiger partial charge in [-0.15, -0.1) is 0 Å². The molecule has 0 spiro atoms. The number of hydrogen-bond donors (Lipinski definition) is 2. The van der Waals surface area contributed by atoms with Crippen LogP contribution in [-0.4, -0.2) is 11.0 Å². The lowest BCUT2D eigenvalue weighted by molar-refractivity contribution is -0.116. The molecule has 0 aromatic heterocycles. The van der Waals surface area contributed by atoms with E-state index in [-0.39, 0.29) is 11.7 Å². The maximum absolute atomic E-state index is 11.4. The monoisotopic (exact) mass is 191 g/mol. The van der Waals surface area contributed by atoms with Gasteiger partial charge in [-0.25, -0.2) is 0 Å². The minimum absolute atomic E-state index is 0.0678. The van der Waals surface area contributed by atoms with Crippen LogP contribution in [0.15, 0.2) is 24.3 Å². The lowest BCUT2D eigenvalue weighted by Crippen LogP contribution is -2.11. The number of amides is 1. The zero-order valence-corrected chi connectivity index (χ0v) is 7.86. The lowest BCUT2D eigenvalue weighted by atomic mass is 10.2. The molecule has 0 heterocycles. The number of hydrogen-bond acceptors (Lipinski definition) is 2. The molecule has 1 amide bonds. The number of carbonyl (C=O) groups excluding carboxylic acids is 1. The van der Waals surface area contributed by atoms with E-state index < -0.39 is 0 Å². The molecule has 2 rings (SSSR count). The van der Waals surface area contributed by atoms with Crippen molar-refractivity contribution in [3.63, 3.8) is 0 Å². The highest BCUT2D eigenvalue weighted by Gasteiger charge is 2.24. The number of aromatic hydroxyl groups is 1. The van der Waals surface area contributed by atoms with Gasteiger partial charge < -0.3 is 10.4 Å². The molecule has 74 valence electrons. The summed E-state index contributed by atoms with van der Waals surface area (Å²) in [6.45, 7) is 0. The molecule has 1 aliphatic rings. The molecular formula is C11H13NO2. The molecule has 1 saturated carbocycles. The van der Waals surface area contributed by atoms with Crippen molar-refractivity contribution in [2.24, 2.45) is 5.92 Å². The van der Waals surface area contributed by atoms with Crippen LogP contribution in [0, 0.1) is 5.92 Å². The number of carbonyl (C=O) groups is 1. The third-order valence-electron chi connectivity index (χ3n) is 2.32. The number of rotatable bonds is 3. The molecule has 0 aliphatic heterocycles. The first kappa shape index (κ1) is 9.06. The van der Waals surface area contributed by atoms with Crippen LogP contribution in [0.2, 0.25) is 0 Å². The Morgan fingerprint density at radius 1 is 1.36 bits per heavy atom. The minimum atomic E-state index is 0.0678. The SMILES string of the molecule is O=C(CC1CC1)Nc1ccc(O)cc1. The van der Waals surface area contributed by atoms with E-state index in [1.165, 1.54) is 12.8 Å². The second kappa shape index (κ2) is 3.70. The Labute approximate surface area is 82.8 Å². The number of phenols is 1. The van der Waals surface area contributed by atoms with Crippen molar-refractivity contribution in [1.82, 2.24) is 0 Å². The molecule has 14 heavy (non-hydrogen) atoms. The number of anilines is 1. The molecular weight excluding hydrogens is 178 g/mol. The van der Waals surface area contributed by atoms with E-state index in [0.717, 1.165) is 5.69 Å². The van der Waals surface area contributed by atoms with Crippen molar-refractivity contribution in [2.45, 2.75) is 19.3 Å². The van der Waals surface area contributed by atoms with Crippen LogP contribution in [0.25, 0.3) is 0 Å². The van der Waals surface area contributed by atoms with Crippen LogP contribution in [0.4, 0.5) is 5.69 Å². The predicted molar refractivity (Wildman–Crippen MR) is 54.1 cm³/mol. The Hall–Kier alpha value is -1.51. The van der Waals surface area contributed by atoms with Gasteiger partial charge in [0.05, 0.1) is 0 Å². The average molecular weight is 191 g/mol. The predicted octanol–water partition coefficient (Wildman–Crippen LogP) is 2.13. The summed E-state index contributed by atoms with van der Waals surface area (Å²) in [5.74, 6) is 0.885. The van der Waals surface area contributed by atoms with Gasteiger partial charge in [-0.05, 0) is 43.0 Å². The van der Waals surface area contributed by atoms with Crippen molar-refractivity contribution >= 4 is 11.6 Å². The first-order chi connectivity index (χ1) is 6.74. The first-order valence-electron chi connectivity index (χ1n) is 4.83. The Morgan fingerprint density at radius 2 is 2.00 bits per heavy atom. The molecule has 0 atom stereocenters. The number of benzene rings is 1. The highest BCUT2D eigenvalue weighted by molar-refractivity contribution is 5.91. The topological polar surface area (TPSA) is 49.3 Å². The molecule has 1 fully saturated rings. The molecule has 3 nitrogen and oxygen atoms in total. The Kier molecular flexibility index (Phi) is 2.39. The van der Waals surface area contributed by atoms with Gasteiger partial charge in [0.15, 0.2) is 0 Å². The van der Waals surface area contributed by atoms with E-state index in [0.29, 0.717) is 12.3 Å². The van der Waals surface area contributed by atoms with Gasteiger partial charge in [-0.2, -0.15) is 0 Å². The summed E-state index contributed by atoms with van der Waals surface area (Å²) in [5, 5.41) is 11.8. The van der Waals surface area contributed by atoms with Gasteiger partial charge in [0.1, 0.15) is 5.75 Å². The van der Waals surface area contributed by atoms with Crippen molar-refractivity contribution in [3.8, 4) is 5.75 Å².